The van der Waals surface area contributed by atoms with E-state index in [2.05, 4.69) is 0 Å². The molecule has 0 aliphatic rings. The Hall–Kier alpha value is -1.35. The van der Waals surface area contributed by atoms with Crippen molar-refractivity contribution in [1.29, 1.82) is 0 Å². The maximum Gasteiger partial charge on any atom is 0.137 e. The number of furan rings is 1. The molecule has 2 nitrogen and oxygen atoms in total. The minimum atomic E-state index is -0.216. The molecule has 0 radical (unpaired) electrons. The normalized spacial score (nSPS) is 11.2. The molecule has 2 rings (SSSR count). The van der Waals surface area contributed by atoms with Crippen molar-refractivity contribution in [2.45, 2.75) is 26.7 Å². The smallest absolute Gasteiger partial charge is 0.137 e. The molecule has 0 bridgehead atoms. The van der Waals surface area contributed by atoms with Crippen molar-refractivity contribution in [2.24, 2.45) is 5.73 Å². The Balaban J connectivity index is 2.73. The van der Waals surface area contributed by atoms with Gasteiger partial charge in [0.15, 0.2) is 0 Å². The van der Waals surface area contributed by atoms with Crippen LogP contribution < -0.4 is 5.73 Å². The number of hydrogen-bond acceptors (Lipinski definition) is 2. The first kappa shape index (κ1) is 11.1. The van der Waals surface area contributed by atoms with Crippen LogP contribution in [0.2, 0.25) is 0 Å². The highest BCUT2D eigenvalue weighted by atomic mass is 19.1. The molecule has 1 heterocycles. The van der Waals surface area contributed by atoms with Crippen LogP contribution in [0, 0.1) is 12.7 Å². The first-order chi connectivity index (χ1) is 7.67. The molecule has 0 atom stereocenters. The Kier molecular flexibility index (Phi) is 2.97. The topological polar surface area (TPSA) is 39.2 Å². The Morgan fingerprint density at radius 2 is 2.12 bits per heavy atom. The number of rotatable bonds is 3. The second kappa shape index (κ2) is 4.26. The maximum atomic E-state index is 13.4. The van der Waals surface area contributed by atoms with E-state index in [9.17, 15) is 4.39 Å². The number of halogens is 1. The van der Waals surface area contributed by atoms with E-state index in [0.29, 0.717) is 6.54 Å². The lowest BCUT2D eigenvalue weighted by atomic mass is 10.0. The number of nitrogens with two attached hydrogens (primary N) is 1. The summed E-state index contributed by atoms with van der Waals surface area (Å²) in [6.45, 7) is 4.45. The Labute approximate surface area is 94.2 Å². The third kappa shape index (κ3) is 1.71. The van der Waals surface area contributed by atoms with Crippen LogP contribution in [0.25, 0.3) is 11.0 Å². The lowest BCUT2D eigenvalue weighted by Gasteiger charge is -1.98. The van der Waals surface area contributed by atoms with E-state index in [4.69, 9.17) is 10.2 Å². The maximum absolute atomic E-state index is 13.4. The Morgan fingerprint density at radius 3 is 2.75 bits per heavy atom. The third-order valence-corrected chi connectivity index (χ3v) is 2.84. The van der Waals surface area contributed by atoms with Crippen LogP contribution >= 0.6 is 0 Å². The lowest BCUT2D eigenvalue weighted by molar-refractivity contribution is 0.547. The molecule has 16 heavy (non-hydrogen) atoms. The van der Waals surface area contributed by atoms with Crippen molar-refractivity contribution >= 4 is 11.0 Å². The fraction of sp³-hybridized carbons (Fsp3) is 0.385. The number of hydrogen-bond donors (Lipinski definition) is 1. The predicted octanol–water partition coefficient (Wildman–Crippen LogP) is 2.94. The molecule has 0 aliphatic heterocycles. The van der Waals surface area contributed by atoms with Crippen molar-refractivity contribution in [1.82, 2.24) is 0 Å². The Morgan fingerprint density at radius 1 is 1.38 bits per heavy atom. The van der Waals surface area contributed by atoms with Crippen molar-refractivity contribution in [3.63, 3.8) is 0 Å². The van der Waals surface area contributed by atoms with Gasteiger partial charge in [0.05, 0.1) is 0 Å². The van der Waals surface area contributed by atoms with Crippen LogP contribution in [0.15, 0.2) is 16.5 Å². The Bertz CT molecular complexity index is 516. The molecule has 1 aromatic heterocycles. The fourth-order valence-electron chi connectivity index (χ4n) is 2.13. The third-order valence-electron chi connectivity index (χ3n) is 2.84. The van der Waals surface area contributed by atoms with Crippen molar-refractivity contribution in [3.05, 3.63) is 34.8 Å². The molecular formula is C13H16FNO. The molecular weight excluding hydrogens is 205 g/mol. The van der Waals surface area contributed by atoms with Gasteiger partial charge in [0.25, 0.3) is 0 Å². The molecule has 0 fully saturated rings. The van der Waals surface area contributed by atoms with E-state index in [-0.39, 0.29) is 5.82 Å². The van der Waals surface area contributed by atoms with Gasteiger partial charge < -0.3 is 10.2 Å². The molecule has 1 aromatic carbocycles. The first-order valence-electron chi connectivity index (χ1n) is 5.57. The monoisotopic (exact) mass is 221 g/mol. The van der Waals surface area contributed by atoms with Crippen molar-refractivity contribution in [2.75, 3.05) is 6.54 Å². The summed E-state index contributed by atoms with van der Waals surface area (Å²) >= 11 is 0. The fourth-order valence-corrected chi connectivity index (χ4v) is 2.13. The highest BCUT2D eigenvalue weighted by Gasteiger charge is 2.14. The number of aryl methyl sites for hydroxylation is 2. The van der Waals surface area contributed by atoms with Crippen molar-refractivity contribution < 1.29 is 8.81 Å². The zero-order chi connectivity index (χ0) is 11.7. The minimum absolute atomic E-state index is 0.216. The van der Waals surface area contributed by atoms with Gasteiger partial charge in [-0.2, -0.15) is 0 Å². The van der Waals surface area contributed by atoms with Crippen LogP contribution in [0.5, 0.6) is 0 Å². The van der Waals surface area contributed by atoms with Crippen molar-refractivity contribution in [3.8, 4) is 0 Å². The van der Waals surface area contributed by atoms with Crippen LogP contribution in [-0.4, -0.2) is 6.54 Å². The largest absolute Gasteiger partial charge is 0.461 e. The average Bonchev–Trinajstić information content (AvgIpc) is 2.58. The SMILES string of the molecule is CCc1oc2c(C)cc(F)cc2c1CCN. The highest BCUT2D eigenvalue weighted by Crippen LogP contribution is 2.29. The van der Waals surface area contributed by atoms with Gasteiger partial charge in [0, 0.05) is 17.4 Å². The zero-order valence-corrected chi connectivity index (χ0v) is 9.64. The van der Waals surface area contributed by atoms with E-state index < -0.39 is 0 Å². The predicted molar refractivity (Wildman–Crippen MR) is 63.0 cm³/mol. The van der Waals surface area contributed by atoms with E-state index >= 15 is 0 Å². The van der Waals surface area contributed by atoms with Gasteiger partial charge >= 0.3 is 0 Å². The molecule has 2 N–H and O–H groups in total. The minimum Gasteiger partial charge on any atom is -0.461 e. The van der Waals surface area contributed by atoms with Crippen LogP contribution in [-0.2, 0) is 12.8 Å². The summed E-state index contributed by atoms with van der Waals surface area (Å²) in [7, 11) is 0. The van der Waals surface area contributed by atoms with Crippen LogP contribution in [0.4, 0.5) is 4.39 Å². The zero-order valence-electron chi connectivity index (χ0n) is 9.64. The van der Waals surface area contributed by atoms with Gasteiger partial charge in [-0.25, -0.2) is 4.39 Å². The van der Waals surface area contributed by atoms with Gasteiger partial charge in [-0.3, -0.25) is 0 Å². The number of fused-ring (bicyclic) bond motifs is 1. The van der Waals surface area contributed by atoms with Crippen LogP contribution in [0.1, 0.15) is 23.8 Å². The van der Waals surface area contributed by atoms with E-state index in [1.165, 1.54) is 12.1 Å². The highest BCUT2D eigenvalue weighted by molar-refractivity contribution is 5.85. The lowest BCUT2D eigenvalue weighted by Crippen LogP contribution is -2.03. The van der Waals surface area contributed by atoms with Gasteiger partial charge in [0.1, 0.15) is 17.2 Å². The molecule has 0 saturated heterocycles. The van der Waals surface area contributed by atoms with Gasteiger partial charge in [-0.15, -0.1) is 0 Å². The van der Waals surface area contributed by atoms with E-state index in [1.54, 1.807) is 0 Å². The van der Waals surface area contributed by atoms with E-state index in [1.807, 2.05) is 13.8 Å². The number of benzene rings is 1. The van der Waals surface area contributed by atoms with Gasteiger partial charge in [-0.1, -0.05) is 6.92 Å². The standard InChI is InChI=1S/C13H16FNO/c1-3-12-10(4-5-15)11-7-9(14)6-8(2)13(11)16-12/h6-7H,3-5,15H2,1-2H3. The summed E-state index contributed by atoms with van der Waals surface area (Å²) in [5, 5.41) is 0.875. The molecule has 0 amide bonds. The van der Waals surface area contributed by atoms with Gasteiger partial charge in [0.2, 0.25) is 0 Å². The molecule has 0 unspecified atom stereocenters. The van der Waals surface area contributed by atoms with Crippen LogP contribution in [0.3, 0.4) is 0 Å². The molecule has 2 aromatic rings. The summed E-state index contributed by atoms with van der Waals surface area (Å²) in [6, 6.07) is 3.04. The second-order valence-corrected chi connectivity index (χ2v) is 4.00. The molecule has 0 saturated carbocycles. The summed E-state index contributed by atoms with van der Waals surface area (Å²) in [4.78, 5) is 0. The second-order valence-electron chi connectivity index (χ2n) is 4.00. The summed E-state index contributed by atoms with van der Waals surface area (Å²) in [5.74, 6) is 0.709. The molecule has 3 heteroatoms. The molecule has 86 valence electrons. The van der Waals surface area contributed by atoms with Gasteiger partial charge in [-0.05, 0) is 37.6 Å². The quantitative estimate of drug-likeness (QED) is 0.865. The molecule has 0 spiro atoms. The molecule has 0 aliphatic carbocycles. The average molecular weight is 221 g/mol. The summed E-state index contributed by atoms with van der Waals surface area (Å²) in [5.41, 5.74) is 8.27. The summed E-state index contributed by atoms with van der Waals surface area (Å²) in [6.07, 6.45) is 1.55. The summed E-state index contributed by atoms with van der Waals surface area (Å²) < 4.78 is 19.1. The first-order valence-corrected chi connectivity index (χ1v) is 5.57. The van der Waals surface area contributed by atoms with E-state index in [0.717, 1.165) is 40.7 Å².